The smallest absolute Gasteiger partial charge is 0.201 e. The number of benzene rings is 2. The van der Waals surface area contributed by atoms with Crippen LogP contribution in [0.3, 0.4) is 0 Å². The summed E-state index contributed by atoms with van der Waals surface area (Å²) in [6.07, 6.45) is 5.22. The van der Waals surface area contributed by atoms with Crippen molar-refractivity contribution in [2.45, 2.75) is 19.3 Å². The molecule has 2 aromatic carbocycles. The standard InChI is InChI=1S/C22H17F2IOS/c23-21-17(9-10-18(22(21)24)26-13-14-3-1-2-4-14)15-5-7-16(8-6-15)19-11-12-20(25)27-19/h3,5-12H,1-2,4,13H2. The maximum Gasteiger partial charge on any atom is 0.201 e. The molecule has 0 radical (unpaired) electrons. The van der Waals surface area contributed by atoms with E-state index in [4.69, 9.17) is 4.74 Å². The van der Waals surface area contributed by atoms with E-state index in [9.17, 15) is 8.78 Å². The van der Waals surface area contributed by atoms with Gasteiger partial charge in [0.1, 0.15) is 6.61 Å². The van der Waals surface area contributed by atoms with Crippen LogP contribution in [0.15, 0.2) is 60.2 Å². The number of allylic oxidation sites excluding steroid dienone is 1. The normalized spacial score (nSPS) is 13.7. The van der Waals surface area contributed by atoms with Gasteiger partial charge in [0, 0.05) is 10.4 Å². The number of thiophene rings is 1. The molecule has 1 nitrogen and oxygen atoms in total. The molecule has 3 aromatic rings. The minimum absolute atomic E-state index is 0.0335. The zero-order valence-electron chi connectivity index (χ0n) is 14.5. The zero-order chi connectivity index (χ0) is 18.8. The lowest BCUT2D eigenvalue weighted by atomic mass is 10.0. The molecule has 0 amide bonds. The molecule has 1 aliphatic rings. The third-order valence-corrected chi connectivity index (χ3v) is 6.59. The lowest BCUT2D eigenvalue weighted by Crippen LogP contribution is -2.03. The highest BCUT2D eigenvalue weighted by molar-refractivity contribution is 14.1. The predicted molar refractivity (Wildman–Crippen MR) is 115 cm³/mol. The number of hydrogen-bond donors (Lipinski definition) is 0. The Morgan fingerprint density at radius 3 is 2.37 bits per heavy atom. The van der Waals surface area contributed by atoms with E-state index in [2.05, 4.69) is 40.8 Å². The molecule has 0 saturated carbocycles. The van der Waals surface area contributed by atoms with Gasteiger partial charge in [0.05, 0.1) is 2.88 Å². The third-order valence-electron chi connectivity index (χ3n) is 4.65. The van der Waals surface area contributed by atoms with Crippen LogP contribution in [0.4, 0.5) is 8.78 Å². The average molecular weight is 494 g/mol. The molecule has 0 bridgehead atoms. The topological polar surface area (TPSA) is 9.23 Å². The molecule has 27 heavy (non-hydrogen) atoms. The SMILES string of the molecule is Fc1c(OCC2=CCCC2)ccc(-c2ccc(-c3ccc(I)s3)cc2)c1F. The van der Waals surface area contributed by atoms with Gasteiger partial charge in [0.15, 0.2) is 11.6 Å². The lowest BCUT2D eigenvalue weighted by molar-refractivity contribution is 0.322. The molecule has 4 rings (SSSR count). The van der Waals surface area contributed by atoms with Crippen molar-refractivity contribution in [2.24, 2.45) is 0 Å². The van der Waals surface area contributed by atoms with E-state index in [1.807, 2.05) is 24.3 Å². The Hall–Kier alpha value is -1.73. The molecule has 0 saturated heterocycles. The highest BCUT2D eigenvalue weighted by Crippen LogP contribution is 2.33. The third kappa shape index (κ3) is 4.09. The summed E-state index contributed by atoms with van der Waals surface area (Å²) in [5, 5.41) is 0. The van der Waals surface area contributed by atoms with Crippen molar-refractivity contribution in [3.05, 3.63) is 74.7 Å². The summed E-state index contributed by atoms with van der Waals surface area (Å²) >= 11 is 3.98. The van der Waals surface area contributed by atoms with Gasteiger partial charge in [-0.05, 0) is 82.8 Å². The largest absolute Gasteiger partial charge is 0.486 e. The fourth-order valence-electron chi connectivity index (χ4n) is 3.19. The molecule has 0 spiro atoms. The number of hydrogen-bond acceptors (Lipinski definition) is 2. The highest BCUT2D eigenvalue weighted by atomic mass is 127. The summed E-state index contributed by atoms with van der Waals surface area (Å²) in [4.78, 5) is 1.16. The first-order valence-corrected chi connectivity index (χ1v) is 10.7. The van der Waals surface area contributed by atoms with E-state index in [-0.39, 0.29) is 11.3 Å². The van der Waals surface area contributed by atoms with Crippen LogP contribution in [0, 0.1) is 14.5 Å². The Labute approximate surface area is 174 Å². The molecular formula is C22H17F2IOS. The Morgan fingerprint density at radius 1 is 0.926 bits per heavy atom. The average Bonchev–Trinajstić information content (AvgIpc) is 3.35. The van der Waals surface area contributed by atoms with E-state index < -0.39 is 11.6 Å². The molecule has 1 aliphatic carbocycles. The van der Waals surface area contributed by atoms with Gasteiger partial charge in [-0.2, -0.15) is 4.39 Å². The molecule has 0 N–H and O–H groups in total. The predicted octanol–water partition coefficient (Wildman–Crippen LogP) is 7.45. The summed E-state index contributed by atoms with van der Waals surface area (Å²) in [6.45, 7) is 0.323. The van der Waals surface area contributed by atoms with Crippen LogP contribution in [0.1, 0.15) is 19.3 Å². The fraction of sp³-hybridized carbons (Fsp3) is 0.182. The Bertz CT molecular complexity index is 992. The van der Waals surface area contributed by atoms with E-state index in [1.54, 1.807) is 17.4 Å². The van der Waals surface area contributed by atoms with Gasteiger partial charge in [-0.15, -0.1) is 11.3 Å². The van der Waals surface area contributed by atoms with E-state index in [0.717, 1.165) is 35.3 Å². The van der Waals surface area contributed by atoms with Crippen molar-refractivity contribution in [1.29, 1.82) is 0 Å². The van der Waals surface area contributed by atoms with Gasteiger partial charge in [0.2, 0.25) is 5.82 Å². The van der Waals surface area contributed by atoms with Crippen LogP contribution < -0.4 is 4.74 Å². The summed E-state index contributed by atoms with van der Waals surface area (Å²) in [5.41, 5.74) is 3.11. The molecule has 1 aromatic heterocycles. The molecular weight excluding hydrogens is 477 g/mol. The van der Waals surface area contributed by atoms with Crippen molar-refractivity contribution in [2.75, 3.05) is 6.61 Å². The van der Waals surface area contributed by atoms with Gasteiger partial charge >= 0.3 is 0 Å². The minimum atomic E-state index is -0.928. The van der Waals surface area contributed by atoms with Gasteiger partial charge in [-0.25, -0.2) is 4.39 Å². The Balaban J connectivity index is 1.55. The number of rotatable bonds is 5. The summed E-state index contributed by atoms with van der Waals surface area (Å²) in [5.74, 6) is -1.83. The molecule has 0 atom stereocenters. The second kappa shape index (κ2) is 8.10. The number of ether oxygens (including phenoxy) is 1. The quantitative estimate of drug-likeness (QED) is 0.264. The summed E-state index contributed by atoms with van der Waals surface area (Å²) in [7, 11) is 0. The van der Waals surface area contributed by atoms with Crippen molar-refractivity contribution >= 4 is 33.9 Å². The molecule has 138 valence electrons. The second-order valence-corrected chi connectivity index (χ2v) is 9.44. The van der Waals surface area contributed by atoms with Gasteiger partial charge in [-0.3, -0.25) is 0 Å². The molecule has 0 unspecified atom stereocenters. The maximum atomic E-state index is 14.6. The first-order chi connectivity index (χ1) is 13.1. The van der Waals surface area contributed by atoms with Crippen LogP contribution in [-0.2, 0) is 0 Å². The highest BCUT2D eigenvalue weighted by Gasteiger charge is 2.17. The van der Waals surface area contributed by atoms with Crippen molar-refractivity contribution in [3.8, 4) is 27.3 Å². The van der Waals surface area contributed by atoms with E-state index in [0.29, 0.717) is 12.2 Å². The van der Waals surface area contributed by atoms with Crippen molar-refractivity contribution < 1.29 is 13.5 Å². The van der Waals surface area contributed by atoms with Gasteiger partial charge < -0.3 is 4.74 Å². The van der Waals surface area contributed by atoms with Gasteiger partial charge in [-0.1, -0.05) is 30.3 Å². The molecule has 5 heteroatoms. The second-order valence-electron chi connectivity index (χ2n) is 6.46. The first-order valence-electron chi connectivity index (χ1n) is 8.76. The van der Waals surface area contributed by atoms with E-state index in [1.165, 1.54) is 8.95 Å². The van der Waals surface area contributed by atoms with E-state index >= 15 is 0 Å². The Kier molecular flexibility index (Phi) is 5.59. The zero-order valence-corrected chi connectivity index (χ0v) is 17.4. The monoisotopic (exact) mass is 494 g/mol. The maximum absolute atomic E-state index is 14.6. The number of halogens is 3. The van der Waals surface area contributed by atoms with Crippen LogP contribution >= 0.6 is 33.9 Å². The fourth-order valence-corrected chi connectivity index (χ4v) is 4.82. The Morgan fingerprint density at radius 2 is 1.70 bits per heavy atom. The van der Waals surface area contributed by atoms with Crippen LogP contribution in [0.5, 0.6) is 5.75 Å². The first kappa shape index (κ1) is 18.6. The van der Waals surface area contributed by atoms with Crippen LogP contribution in [0.2, 0.25) is 0 Å². The lowest BCUT2D eigenvalue weighted by Gasteiger charge is -2.11. The van der Waals surface area contributed by atoms with Crippen LogP contribution in [0.25, 0.3) is 21.6 Å². The molecule has 0 fully saturated rings. The molecule has 0 aliphatic heterocycles. The summed E-state index contributed by atoms with van der Waals surface area (Å²) < 4.78 is 35.8. The van der Waals surface area contributed by atoms with Gasteiger partial charge in [0.25, 0.3) is 0 Å². The van der Waals surface area contributed by atoms with Crippen molar-refractivity contribution in [1.82, 2.24) is 0 Å². The summed E-state index contributed by atoms with van der Waals surface area (Å²) in [6, 6.07) is 14.7. The molecule has 1 heterocycles. The minimum Gasteiger partial charge on any atom is -0.486 e. The van der Waals surface area contributed by atoms with Crippen molar-refractivity contribution in [3.63, 3.8) is 0 Å². The van der Waals surface area contributed by atoms with Crippen LogP contribution in [-0.4, -0.2) is 6.61 Å².